The largest absolute Gasteiger partial charge is 0.465 e. The monoisotopic (exact) mass is 381 g/mol. The number of aromatic nitrogens is 2. The zero-order valence-electron chi connectivity index (χ0n) is 15.9. The van der Waals surface area contributed by atoms with Crippen LogP contribution in [0, 0.1) is 13.8 Å². The van der Waals surface area contributed by atoms with Gasteiger partial charge in [-0.05, 0) is 26.0 Å². The van der Waals surface area contributed by atoms with Crippen molar-refractivity contribution in [2.75, 3.05) is 6.61 Å². The van der Waals surface area contributed by atoms with Crippen molar-refractivity contribution < 1.29 is 14.3 Å². The van der Waals surface area contributed by atoms with Gasteiger partial charge >= 0.3 is 0 Å². The minimum atomic E-state index is -0.325. The van der Waals surface area contributed by atoms with Gasteiger partial charge in [0.1, 0.15) is 23.9 Å². The summed E-state index contributed by atoms with van der Waals surface area (Å²) < 4.78 is 6.80. The van der Waals surface area contributed by atoms with E-state index in [1.54, 1.807) is 13.0 Å². The number of nitrogens with zero attached hydrogens (tertiary/aromatic N) is 2. The highest BCUT2D eigenvalue weighted by Crippen LogP contribution is 2.17. The average Bonchev–Trinajstić information content (AvgIpc) is 3.11. The Bertz CT molecular complexity index is 1020. The molecular weight excluding hydrogens is 358 g/mol. The molecule has 2 N–H and O–H groups in total. The lowest BCUT2D eigenvalue weighted by Crippen LogP contribution is -2.35. The molecule has 7 heteroatoms. The number of hydrogen-bond donors (Lipinski definition) is 2. The first-order valence-electron chi connectivity index (χ1n) is 9.08. The summed E-state index contributed by atoms with van der Waals surface area (Å²) in [4.78, 5) is 30.0. The molecule has 3 aromatic rings. The van der Waals surface area contributed by atoms with Crippen LogP contribution in [0.5, 0.6) is 0 Å². The van der Waals surface area contributed by atoms with E-state index in [9.17, 15) is 14.7 Å². The van der Waals surface area contributed by atoms with Crippen molar-refractivity contribution in [3.63, 3.8) is 0 Å². The molecule has 0 fully saturated rings. The van der Waals surface area contributed by atoms with Gasteiger partial charge in [-0.1, -0.05) is 30.3 Å². The molecule has 0 aliphatic heterocycles. The Balaban J connectivity index is 1.91. The number of aliphatic hydroxyl groups is 1. The molecule has 0 radical (unpaired) electrons. The lowest BCUT2D eigenvalue weighted by atomic mass is 10.1. The lowest BCUT2D eigenvalue weighted by Gasteiger charge is -2.15. The lowest BCUT2D eigenvalue weighted by molar-refractivity contribution is -0.121. The van der Waals surface area contributed by atoms with Crippen LogP contribution in [0.25, 0.3) is 11.4 Å². The van der Waals surface area contributed by atoms with E-state index in [1.165, 1.54) is 4.57 Å². The van der Waals surface area contributed by atoms with Crippen molar-refractivity contribution in [1.82, 2.24) is 14.9 Å². The molecule has 28 heavy (non-hydrogen) atoms. The predicted molar refractivity (Wildman–Crippen MR) is 105 cm³/mol. The molecule has 0 unspecified atom stereocenters. The van der Waals surface area contributed by atoms with E-state index in [0.717, 1.165) is 11.3 Å². The highest BCUT2D eigenvalue weighted by atomic mass is 16.3. The van der Waals surface area contributed by atoms with Gasteiger partial charge in [0.25, 0.3) is 5.56 Å². The van der Waals surface area contributed by atoms with Gasteiger partial charge < -0.3 is 14.8 Å². The van der Waals surface area contributed by atoms with E-state index in [-0.39, 0.29) is 37.6 Å². The summed E-state index contributed by atoms with van der Waals surface area (Å²) in [7, 11) is 0. The maximum atomic E-state index is 13.0. The van der Waals surface area contributed by atoms with Gasteiger partial charge in [-0.2, -0.15) is 0 Å². The van der Waals surface area contributed by atoms with Crippen molar-refractivity contribution >= 4 is 5.91 Å². The molecular formula is C21H23N3O4. The molecule has 0 atom stereocenters. The quantitative estimate of drug-likeness (QED) is 0.652. The summed E-state index contributed by atoms with van der Waals surface area (Å²) in [5, 5.41) is 12.0. The molecule has 1 aromatic carbocycles. The van der Waals surface area contributed by atoms with Gasteiger partial charge in [0.05, 0.1) is 6.54 Å². The summed E-state index contributed by atoms with van der Waals surface area (Å²) in [6.45, 7) is 3.48. The zero-order chi connectivity index (χ0) is 20.1. The highest BCUT2D eigenvalue weighted by Gasteiger charge is 2.17. The van der Waals surface area contributed by atoms with Crippen LogP contribution in [-0.2, 0) is 24.3 Å². The second-order valence-electron chi connectivity index (χ2n) is 6.52. The molecule has 7 nitrogen and oxygen atoms in total. The predicted octanol–water partition coefficient (Wildman–Crippen LogP) is 1.97. The summed E-state index contributed by atoms with van der Waals surface area (Å²) in [6, 6.07) is 12.9. The van der Waals surface area contributed by atoms with Gasteiger partial charge in [0.15, 0.2) is 0 Å². The fraction of sp³-hybridized carbons (Fsp3) is 0.286. The minimum absolute atomic E-state index is 0.160. The van der Waals surface area contributed by atoms with E-state index >= 15 is 0 Å². The van der Waals surface area contributed by atoms with Crippen LogP contribution >= 0.6 is 0 Å². The number of aryl methyl sites for hydroxylation is 2. The van der Waals surface area contributed by atoms with Crippen LogP contribution in [-0.4, -0.2) is 27.2 Å². The van der Waals surface area contributed by atoms with E-state index in [1.807, 2.05) is 43.3 Å². The number of benzene rings is 1. The molecule has 0 spiro atoms. The van der Waals surface area contributed by atoms with Gasteiger partial charge in [-0.15, -0.1) is 0 Å². The first-order valence-corrected chi connectivity index (χ1v) is 9.08. The summed E-state index contributed by atoms with van der Waals surface area (Å²) >= 11 is 0. The van der Waals surface area contributed by atoms with Crippen molar-refractivity contribution in [2.24, 2.45) is 0 Å². The SMILES string of the molecule is Cc1ccc(CNC(=O)Cn2c(-c3ccccc3)nc(C)c(CCO)c2=O)o1. The summed E-state index contributed by atoms with van der Waals surface area (Å²) in [5.41, 5.74) is 1.40. The van der Waals surface area contributed by atoms with Crippen LogP contribution in [0.4, 0.5) is 0 Å². The molecule has 1 amide bonds. The summed E-state index contributed by atoms with van der Waals surface area (Å²) in [5.74, 6) is 1.51. The van der Waals surface area contributed by atoms with E-state index < -0.39 is 0 Å². The number of carbonyl (C=O) groups excluding carboxylic acids is 1. The van der Waals surface area contributed by atoms with Crippen LogP contribution < -0.4 is 10.9 Å². The highest BCUT2D eigenvalue weighted by molar-refractivity contribution is 5.76. The number of amides is 1. The van der Waals surface area contributed by atoms with Crippen LogP contribution in [0.3, 0.4) is 0 Å². The normalized spacial score (nSPS) is 10.8. The van der Waals surface area contributed by atoms with Crippen molar-refractivity contribution in [3.8, 4) is 11.4 Å². The number of carbonyl (C=O) groups is 1. The van der Waals surface area contributed by atoms with Gasteiger partial charge in [-0.3, -0.25) is 14.2 Å². The second-order valence-corrected chi connectivity index (χ2v) is 6.52. The van der Waals surface area contributed by atoms with Gasteiger partial charge in [-0.25, -0.2) is 4.98 Å². The standard InChI is InChI=1S/C21H23N3O4/c1-14-8-9-17(28-14)12-22-19(26)13-24-20(16-6-4-3-5-7-16)23-15(2)18(10-11-25)21(24)27/h3-9,25H,10-13H2,1-2H3,(H,22,26). The van der Waals surface area contributed by atoms with Crippen LogP contribution in [0.15, 0.2) is 51.7 Å². The van der Waals surface area contributed by atoms with Crippen molar-refractivity contribution in [1.29, 1.82) is 0 Å². The number of nitrogens with one attached hydrogen (secondary N) is 1. The van der Waals surface area contributed by atoms with E-state index in [4.69, 9.17) is 4.42 Å². The first kappa shape index (κ1) is 19.6. The second kappa shape index (κ2) is 8.67. The maximum Gasteiger partial charge on any atom is 0.257 e. The molecule has 0 saturated carbocycles. The van der Waals surface area contributed by atoms with Crippen molar-refractivity contribution in [2.45, 2.75) is 33.4 Å². The number of furan rings is 1. The Morgan fingerprint density at radius 3 is 2.57 bits per heavy atom. The molecule has 0 aliphatic rings. The Labute approximate surface area is 162 Å². The fourth-order valence-corrected chi connectivity index (χ4v) is 3.02. The molecule has 2 aromatic heterocycles. The minimum Gasteiger partial charge on any atom is -0.465 e. The Morgan fingerprint density at radius 1 is 1.18 bits per heavy atom. The Hall–Kier alpha value is -3.19. The average molecular weight is 381 g/mol. The Kier molecular flexibility index (Phi) is 6.06. The molecule has 2 heterocycles. The van der Waals surface area contributed by atoms with Crippen LogP contribution in [0.2, 0.25) is 0 Å². The van der Waals surface area contributed by atoms with Gasteiger partial charge in [0.2, 0.25) is 5.91 Å². The van der Waals surface area contributed by atoms with Crippen molar-refractivity contribution in [3.05, 3.63) is 75.6 Å². The van der Waals surface area contributed by atoms with Crippen LogP contribution in [0.1, 0.15) is 22.8 Å². The molecule has 0 aliphatic carbocycles. The number of rotatable bonds is 7. The smallest absolute Gasteiger partial charge is 0.257 e. The Morgan fingerprint density at radius 2 is 1.93 bits per heavy atom. The third kappa shape index (κ3) is 4.37. The summed E-state index contributed by atoms with van der Waals surface area (Å²) in [6.07, 6.45) is 0.194. The number of hydrogen-bond acceptors (Lipinski definition) is 5. The first-order chi connectivity index (χ1) is 13.5. The molecule has 0 saturated heterocycles. The maximum absolute atomic E-state index is 13.0. The zero-order valence-corrected chi connectivity index (χ0v) is 15.9. The van der Waals surface area contributed by atoms with E-state index in [0.29, 0.717) is 22.8 Å². The fourth-order valence-electron chi connectivity index (χ4n) is 3.02. The van der Waals surface area contributed by atoms with Gasteiger partial charge in [0, 0.05) is 29.8 Å². The van der Waals surface area contributed by atoms with E-state index in [2.05, 4.69) is 10.3 Å². The number of aliphatic hydroxyl groups excluding tert-OH is 1. The third-order valence-electron chi connectivity index (χ3n) is 4.42. The molecule has 146 valence electrons. The third-order valence-corrected chi connectivity index (χ3v) is 4.42. The topological polar surface area (TPSA) is 97.4 Å². The molecule has 0 bridgehead atoms. The molecule has 3 rings (SSSR count).